The van der Waals surface area contributed by atoms with Crippen LogP contribution in [0.4, 0.5) is 0 Å². The SMILES string of the molecule is CCOc1cc(/C=N\NC(=O)COc2cccc(Cl)c2)ccc1OC(=O)c1ccc(Cl)cc1Cl. The number of benzene rings is 3. The highest BCUT2D eigenvalue weighted by atomic mass is 35.5. The molecular formula is C24H19Cl3N2O5. The van der Waals surface area contributed by atoms with Crippen molar-refractivity contribution >= 4 is 52.9 Å². The number of carbonyl (C=O) groups is 2. The van der Waals surface area contributed by atoms with E-state index >= 15 is 0 Å². The van der Waals surface area contributed by atoms with Crippen LogP contribution in [0.25, 0.3) is 0 Å². The Kier molecular flexibility index (Phi) is 9.16. The number of ether oxygens (including phenoxy) is 3. The normalized spacial score (nSPS) is 10.7. The van der Waals surface area contributed by atoms with Crippen molar-refractivity contribution in [2.45, 2.75) is 6.92 Å². The predicted octanol–water partition coefficient (Wildman–Crippen LogP) is 5.79. The quantitative estimate of drug-likeness (QED) is 0.167. The lowest BCUT2D eigenvalue weighted by atomic mass is 10.2. The third-order valence-electron chi connectivity index (χ3n) is 4.19. The number of nitrogens with zero attached hydrogens (tertiary/aromatic N) is 1. The molecule has 1 amide bonds. The second kappa shape index (κ2) is 12.3. The number of carbonyl (C=O) groups excluding carboxylic acids is 2. The zero-order valence-electron chi connectivity index (χ0n) is 17.9. The summed E-state index contributed by atoms with van der Waals surface area (Å²) in [7, 11) is 0. The fourth-order valence-corrected chi connectivity index (χ4v) is 3.35. The third kappa shape index (κ3) is 7.38. The Morgan fingerprint density at radius 1 is 0.941 bits per heavy atom. The minimum Gasteiger partial charge on any atom is -0.490 e. The van der Waals surface area contributed by atoms with E-state index in [0.717, 1.165) is 0 Å². The van der Waals surface area contributed by atoms with Crippen LogP contribution in [0.3, 0.4) is 0 Å². The Morgan fingerprint density at radius 2 is 1.74 bits per heavy atom. The van der Waals surface area contributed by atoms with Crippen molar-refractivity contribution in [2.75, 3.05) is 13.2 Å². The molecule has 0 aliphatic rings. The number of rotatable bonds is 9. The summed E-state index contributed by atoms with van der Waals surface area (Å²) in [6.45, 7) is 1.90. The van der Waals surface area contributed by atoms with E-state index in [0.29, 0.717) is 33.7 Å². The highest BCUT2D eigenvalue weighted by molar-refractivity contribution is 6.36. The minimum absolute atomic E-state index is 0.168. The average molecular weight is 522 g/mol. The summed E-state index contributed by atoms with van der Waals surface area (Å²) < 4.78 is 16.4. The first kappa shape index (κ1) is 25.4. The van der Waals surface area contributed by atoms with Gasteiger partial charge in [0.15, 0.2) is 18.1 Å². The molecule has 0 saturated heterocycles. The first-order valence-electron chi connectivity index (χ1n) is 10.00. The fraction of sp³-hybridized carbons (Fsp3) is 0.125. The molecule has 7 nitrogen and oxygen atoms in total. The first-order chi connectivity index (χ1) is 16.4. The molecule has 0 heterocycles. The van der Waals surface area contributed by atoms with Crippen molar-refractivity contribution < 1.29 is 23.8 Å². The van der Waals surface area contributed by atoms with Gasteiger partial charge in [-0.25, -0.2) is 10.2 Å². The molecule has 34 heavy (non-hydrogen) atoms. The minimum atomic E-state index is -0.656. The number of hydrazone groups is 1. The highest BCUT2D eigenvalue weighted by Gasteiger charge is 2.16. The molecule has 0 aromatic heterocycles. The van der Waals surface area contributed by atoms with Crippen LogP contribution in [0.5, 0.6) is 17.2 Å². The van der Waals surface area contributed by atoms with Crippen molar-refractivity contribution in [1.82, 2.24) is 5.43 Å². The molecule has 0 spiro atoms. The van der Waals surface area contributed by atoms with Crippen molar-refractivity contribution in [1.29, 1.82) is 0 Å². The van der Waals surface area contributed by atoms with Gasteiger partial charge >= 0.3 is 5.97 Å². The molecular weight excluding hydrogens is 503 g/mol. The van der Waals surface area contributed by atoms with Gasteiger partial charge in [-0.15, -0.1) is 0 Å². The van der Waals surface area contributed by atoms with Crippen LogP contribution in [-0.2, 0) is 4.79 Å². The molecule has 0 radical (unpaired) electrons. The molecule has 10 heteroatoms. The lowest BCUT2D eigenvalue weighted by molar-refractivity contribution is -0.123. The summed E-state index contributed by atoms with van der Waals surface area (Å²) in [6.07, 6.45) is 1.42. The van der Waals surface area contributed by atoms with Gasteiger partial charge in [-0.2, -0.15) is 5.10 Å². The summed E-state index contributed by atoms with van der Waals surface area (Å²) in [5, 5.41) is 4.99. The van der Waals surface area contributed by atoms with Crippen molar-refractivity contribution in [3.05, 3.63) is 86.9 Å². The Labute approximate surface area is 211 Å². The molecule has 0 aliphatic carbocycles. The summed E-state index contributed by atoms with van der Waals surface area (Å²) in [5.74, 6) is -0.116. The van der Waals surface area contributed by atoms with E-state index in [4.69, 9.17) is 49.0 Å². The Hall–Kier alpha value is -3.26. The van der Waals surface area contributed by atoms with Crippen LogP contribution in [0, 0.1) is 0 Å². The van der Waals surface area contributed by atoms with Crippen molar-refractivity contribution in [2.24, 2.45) is 5.10 Å². The molecule has 0 saturated carbocycles. The van der Waals surface area contributed by atoms with Crippen LogP contribution >= 0.6 is 34.8 Å². The van der Waals surface area contributed by atoms with E-state index in [9.17, 15) is 9.59 Å². The first-order valence-corrected chi connectivity index (χ1v) is 11.1. The van der Waals surface area contributed by atoms with Crippen LogP contribution < -0.4 is 19.6 Å². The molecule has 0 aliphatic heterocycles. The van der Waals surface area contributed by atoms with E-state index < -0.39 is 11.9 Å². The summed E-state index contributed by atoms with van der Waals surface area (Å²) in [5.41, 5.74) is 3.14. The lowest BCUT2D eigenvalue weighted by Gasteiger charge is -2.12. The smallest absolute Gasteiger partial charge is 0.345 e. The zero-order chi connectivity index (χ0) is 24.5. The molecule has 3 aromatic carbocycles. The number of hydrogen-bond donors (Lipinski definition) is 1. The van der Waals surface area contributed by atoms with Gasteiger partial charge in [0.25, 0.3) is 5.91 Å². The maximum absolute atomic E-state index is 12.5. The zero-order valence-corrected chi connectivity index (χ0v) is 20.2. The third-order valence-corrected chi connectivity index (χ3v) is 4.97. The van der Waals surface area contributed by atoms with E-state index in [1.807, 2.05) is 0 Å². The van der Waals surface area contributed by atoms with Crippen LogP contribution in [0.15, 0.2) is 65.8 Å². The standard InChI is InChI=1S/C24H19Cl3N2O5/c1-2-32-22-10-15(13-28-29-23(30)14-33-18-5-3-4-16(25)11-18)6-9-21(22)34-24(31)19-8-7-17(26)12-20(19)27/h3-13H,2,14H2,1H3,(H,29,30)/b28-13-. The second-order valence-electron chi connectivity index (χ2n) is 6.69. The Balaban J connectivity index is 1.62. The van der Waals surface area contributed by atoms with Crippen LogP contribution in [-0.4, -0.2) is 31.3 Å². The van der Waals surface area contributed by atoms with Crippen LogP contribution in [0.2, 0.25) is 15.1 Å². The van der Waals surface area contributed by atoms with Gasteiger partial charge in [0, 0.05) is 10.0 Å². The molecule has 3 rings (SSSR count). The maximum atomic E-state index is 12.5. The van der Waals surface area contributed by atoms with E-state index in [2.05, 4.69) is 10.5 Å². The van der Waals surface area contributed by atoms with E-state index in [-0.39, 0.29) is 22.9 Å². The molecule has 3 aromatic rings. The molecule has 1 N–H and O–H groups in total. The van der Waals surface area contributed by atoms with Gasteiger partial charge in [0.2, 0.25) is 0 Å². The number of nitrogens with one attached hydrogen (secondary N) is 1. The summed E-state index contributed by atoms with van der Waals surface area (Å²) in [6, 6.07) is 16.0. The van der Waals surface area contributed by atoms with Gasteiger partial charge in [-0.05, 0) is 67.1 Å². The molecule has 0 unspecified atom stereocenters. The highest BCUT2D eigenvalue weighted by Crippen LogP contribution is 2.30. The predicted molar refractivity (Wildman–Crippen MR) is 132 cm³/mol. The second-order valence-corrected chi connectivity index (χ2v) is 7.97. The van der Waals surface area contributed by atoms with Gasteiger partial charge in [-0.3, -0.25) is 4.79 Å². The van der Waals surface area contributed by atoms with Gasteiger partial charge in [-0.1, -0.05) is 40.9 Å². The van der Waals surface area contributed by atoms with Gasteiger partial charge in [0.1, 0.15) is 5.75 Å². The largest absolute Gasteiger partial charge is 0.490 e. The molecule has 0 fully saturated rings. The number of esters is 1. The topological polar surface area (TPSA) is 86.2 Å². The van der Waals surface area contributed by atoms with Crippen molar-refractivity contribution in [3.8, 4) is 17.2 Å². The Morgan fingerprint density at radius 3 is 2.47 bits per heavy atom. The summed E-state index contributed by atoms with van der Waals surface area (Å²) >= 11 is 17.8. The molecule has 0 bridgehead atoms. The Bertz CT molecular complexity index is 1220. The maximum Gasteiger partial charge on any atom is 0.345 e. The average Bonchev–Trinajstić information content (AvgIpc) is 2.79. The van der Waals surface area contributed by atoms with Gasteiger partial charge < -0.3 is 14.2 Å². The number of halogens is 3. The van der Waals surface area contributed by atoms with E-state index in [1.54, 1.807) is 55.5 Å². The monoisotopic (exact) mass is 520 g/mol. The summed E-state index contributed by atoms with van der Waals surface area (Å²) in [4.78, 5) is 24.5. The van der Waals surface area contributed by atoms with E-state index in [1.165, 1.54) is 18.3 Å². The lowest BCUT2D eigenvalue weighted by Crippen LogP contribution is -2.24. The fourth-order valence-electron chi connectivity index (χ4n) is 2.68. The van der Waals surface area contributed by atoms with Crippen molar-refractivity contribution in [3.63, 3.8) is 0 Å². The van der Waals surface area contributed by atoms with Gasteiger partial charge in [0.05, 0.1) is 23.4 Å². The number of amides is 1. The molecule has 0 atom stereocenters. The van der Waals surface area contributed by atoms with Crippen LogP contribution in [0.1, 0.15) is 22.8 Å². The number of hydrogen-bond acceptors (Lipinski definition) is 6. The molecule has 176 valence electrons.